The van der Waals surface area contributed by atoms with E-state index in [4.69, 9.17) is 23.2 Å². The highest BCUT2D eigenvalue weighted by Crippen LogP contribution is 2.39. The minimum absolute atomic E-state index is 0.110. The van der Waals surface area contributed by atoms with Crippen LogP contribution < -0.4 is 5.32 Å². The Labute approximate surface area is 119 Å². The highest BCUT2D eigenvalue weighted by Gasteiger charge is 2.22. The van der Waals surface area contributed by atoms with Crippen LogP contribution in [-0.2, 0) is 0 Å². The van der Waals surface area contributed by atoms with Crippen LogP contribution in [0.4, 0.5) is 0 Å². The summed E-state index contributed by atoms with van der Waals surface area (Å²) >= 11 is 15.9. The fourth-order valence-corrected chi connectivity index (χ4v) is 4.37. The Morgan fingerprint density at radius 3 is 2.53 bits per heavy atom. The molecule has 92 valence electrons. The molecule has 1 N–H and O–H groups in total. The normalized spacial score (nSPS) is 12.9. The summed E-state index contributed by atoms with van der Waals surface area (Å²) in [5.41, 5.74) is 1.13. The van der Waals surface area contributed by atoms with E-state index in [9.17, 15) is 0 Å². The zero-order chi connectivity index (χ0) is 12.4. The Bertz CT molecular complexity index is 504. The second-order valence-electron chi connectivity index (χ2n) is 3.72. The third-order valence-corrected chi connectivity index (χ3v) is 5.70. The lowest BCUT2D eigenvalue weighted by molar-refractivity contribution is 0.649. The van der Waals surface area contributed by atoms with Crippen molar-refractivity contribution < 1.29 is 0 Å². The Balaban J connectivity index is 2.43. The lowest BCUT2D eigenvalue weighted by atomic mass is 10.2. The summed E-state index contributed by atoms with van der Waals surface area (Å²) < 4.78 is 0. The molecule has 1 nitrogen and oxygen atoms in total. The Kier molecular flexibility index (Phi) is 4.50. The molecular formula is C12H13Cl2NS2. The minimum Gasteiger partial charge on any atom is -0.305 e. The lowest BCUT2D eigenvalue weighted by Crippen LogP contribution is -2.20. The van der Waals surface area contributed by atoms with Gasteiger partial charge in [0.05, 0.1) is 16.1 Å². The number of rotatable bonds is 4. The molecule has 1 atom stereocenters. The number of hydrogen-bond acceptors (Lipinski definition) is 3. The molecule has 0 aliphatic carbocycles. The first-order chi connectivity index (χ1) is 8.15. The lowest BCUT2D eigenvalue weighted by Gasteiger charge is -2.16. The standard InChI is InChI=1S/C12H13Cl2NS2/c1-3-15-10(11-8(13)4-5-16-11)12-9(14)7(2)6-17-12/h4-6,10,15H,3H2,1-2H3. The van der Waals surface area contributed by atoms with E-state index in [2.05, 4.69) is 17.6 Å². The first-order valence-electron chi connectivity index (χ1n) is 5.34. The van der Waals surface area contributed by atoms with E-state index in [1.807, 2.05) is 18.4 Å². The van der Waals surface area contributed by atoms with Gasteiger partial charge in [-0.3, -0.25) is 0 Å². The molecule has 2 rings (SSSR count). The van der Waals surface area contributed by atoms with Gasteiger partial charge < -0.3 is 5.32 Å². The highest BCUT2D eigenvalue weighted by molar-refractivity contribution is 7.12. The zero-order valence-corrected chi connectivity index (χ0v) is 12.7. The van der Waals surface area contributed by atoms with Crippen molar-refractivity contribution in [2.75, 3.05) is 6.54 Å². The van der Waals surface area contributed by atoms with Gasteiger partial charge in [0.25, 0.3) is 0 Å². The molecule has 2 aromatic heterocycles. The van der Waals surface area contributed by atoms with Gasteiger partial charge in [-0.25, -0.2) is 0 Å². The number of hydrogen-bond donors (Lipinski definition) is 1. The molecule has 0 aromatic carbocycles. The quantitative estimate of drug-likeness (QED) is 0.826. The smallest absolute Gasteiger partial charge is 0.0795 e. The van der Waals surface area contributed by atoms with Crippen molar-refractivity contribution in [2.24, 2.45) is 0 Å². The average molecular weight is 306 g/mol. The van der Waals surface area contributed by atoms with Crippen molar-refractivity contribution in [1.82, 2.24) is 5.32 Å². The third kappa shape index (κ3) is 2.69. The van der Waals surface area contributed by atoms with E-state index >= 15 is 0 Å². The van der Waals surface area contributed by atoms with E-state index < -0.39 is 0 Å². The Morgan fingerprint density at radius 1 is 1.29 bits per heavy atom. The fourth-order valence-electron chi connectivity index (χ4n) is 1.66. The van der Waals surface area contributed by atoms with Crippen LogP contribution in [0.3, 0.4) is 0 Å². The molecule has 0 bridgehead atoms. The van der Waals surface area contributed by atoms with Crippen molar-refractivity contribution in [3.63, 3.8) is 0 Å². The van der Waals surface area contributed by atoms with E-state index in [1.165, 1.54) is 0 Å². The van der Waals surface area contributed by atoms with E-state index in [1.54, 1.807) is 22.7 Å². The number of aryl methyl sites for hydroxylation is 1. The number of halogens is 2. The zero-order valence-electron chi connectivity index (χ0n) is 9.59. The number of nitrogens with one attached hydrogen (secondary N) is 1. The summed E-state index contributed by atoms with van der Waals surface area (Å²) in [6, 6.07) is 2.04. The second kappa shape index (κ2) is 5.72. The van der Waals surface area contributed by atoms with Crippen molar-refractivity contribution >= 4 is 45.9 Å². The summed E-state index contributed by atoms with van der Waals surface area (Å²) in [5, 5.41) is 9.21. The molecule has 0 fully saturated rings. The van der Waals surface area contributed by atoms with Crippen LogP contribution in [-0.4, -0.2) is 6.54 Å². The molecule has 0 aliphatic rings. The molecule has 0 saturated carbocycles. The maximum atomic E-state index is 6.34. The van der Waals surface area contributed by atoms with Crippen LogP contribution in [0.2, 0.25) is 10.0 Å². The first-order valence-corrected chi connectivity index (χ1v) is 7.86. The maximum absolute atomic E-state index is 6.34. The molecule has 2 heterocycles. The summed E-state index contributed by atoms with van der Waals surface area (Å²) in [6.45, 7) is 5.00. The Morgan fingerprint density at radius 2 is 2.06 bits per heavy atom. The van der Waals surface area contributed by atoms with Crippen molar-refractivity contribution in [3.05, 3.63) is 42.2 Å². The maximum Gasteiger partial charge on any atom is 0.0795 e. The van der Waals surface area contributed by atoms with Gasteiger partial charge in [-0.05, 0) is 35.9 Å². The van der Waals surface area contributed by atoms with Crippen LogP contribution in [0, 0.1) is 6.92 Å². The van der Waals surface area contributed by atoms with Crippen molar-refractivity contribution in [2.45, 2.75) is 19.9 Å². The van der Waals surface area contributed by atoms with E-state index in [0.717, 1.165) is 31.9 Å². The monoisotopic (exact) mass is 305 g/mol. The Hall–Kier alpha value is -0.0600. The minimum atomic E-state index is 0.110. The van der Waals surface area contributed by atoms with E-state index in [0.29, 0.717) is 0 Å². The average Bonchev–Trinajstić information content (AvgIpc) is 2.85. The second-order valence-corrected chi connectivity index (χ2v) is 6.36. The van der Waals surface area contributed by atoms with Crippen LogP contribution in [0.1, 0.15) is 28.3 Å². The summed E-state index contributed by atoms with van der Waals surface area (Å²) in [6.07, 6.45) is 0. The predicted octanol–water partition coefficient (Wildman–Crippen LogP) is 5.12. The van der Waals surface area contributed by atoms with Crippen molar-refractivity contribution in [3.8, 4) is 0 Å². The fraction of sp³-hybridized carbons (Fsp3) is 0.333. The van der Waals surface area contributed by atoms with Crippen LogP contribution in [0.5, 0.6) is 0 Å². The van der Waals surface area contributed by atoms with Gasteiger partial charge in [0.1, 0.15) is 0 Å². The molecular weight excluding hydrogens is 293 g/mol. The van der Waals surface area contributed by atoms with Crippen LogP contribution in [0.15, 0.2) is 16.8 Å². The summed E-state index contributed by atoms with van der Waals surface area (Å²) in [4.78, 5) is 2.28. The van der Waals surface area contributed by atoms with Gasteiger partial charge in [-0.15, -0.1) is 22.7 Å². The molecule has 0 saturated heterocycles. The van der Waals surface area contributed by atoms with Gasteiger partial charge in [-0.1, -0.05) is 30.1 Å². The van der Waals surface area contributed by atoms with Gasteiger partial charge >= 0.3 is 0 Å². The van der Waals surface area contributed by atoms with E-state index in [-0.39, 0.29) is 6.04 Å². The SMILES string of the molecule is CCNC(c1sccc1Cl)c1scc(C)c1Cl. The largest absolute Gasteiger partial charge is 0.305 e. The van der Waals surface area contributed by atoms with Gasteiger partial charge in [0.15, 0.2) is 0 Å². The third-order valence-electron chi connectivity index (χ3n) is 2.50. The first kappa shape index (κ1) is 13.4. The van der Waals surface area contributed by atoms with Crippen molar-refractivity contribution in [1.29, 1.82) is 0 Å². The molecule has 0 spiro atoms. The van der Waals surface area contributed by atoms with Crippen LogP contribution >= 0.6 is 45.9 Å². The van der Waals surface area contributed by atoms with Gasteiger partial charge in [0.2, 0.25) is 0 Å². The highest BCUT2D eigenvalue weighted by atomic mass is 35.5. The van der Waals surface area contributed by atoms with Gasteiger partial charge in [0, 0.05) is 9.75 Å². The van der Waals surface area contributed by atoms with Gasteiger partial charge in [-0.2, -0.15) is 0 Å². The number of thiophene rings is 2. The molecule has 17 heavy (non-hydrogen) atoms. The molecule has 0 radical (unpaired) electrons. The topological polar surface area (TPSA) is 12.0 Å². The summed E-state index contributed by atoms with van der Waals surface area (Å²) in [7, 11) is 0. The molecule has 0 amide bonds. The molecule has 5 heteroatoms. The van der Waals surface area contributed by atoms with Crippen LogP contribution in [0.25, 0.3) is 0 Å². The summed E-state index contributed by atoms with van der Waals surface area (Å²) in [5.74, 6) is 0. The predicted molar refractivity (Wildman–Crippen MR) is 78.9 cm³/mol. The molecule has 1 unspecified atom stereocenters. The molecule has 0 aliphatic heterocycles. The molecule has 2 aromatic rings.